The molecule has 1 aromatic heterocycles. The van der Waals surface area contributed by atoms with Gasteiger partial charge in [0, 0.05) is 18.7 Å². The molecule has 0 radical (unpaired) electrons. The summed E-state index contributed by atoms with van der Waals surface area (Å²) in [6.45, 7) is 1.44. The lowest BCUT2D eigenvalue weighted by molar-refractivity contribution is -0.0498. The summed E-state index contributed by atoms with van der Waals surface area (Å²) in [5, 5.41) is 3.28. The van der Waals surface area contributed by atoms with E-state index in [1.54, 1.807) is 44.2 Å². The van der Waals surface area contributed by atoms with Gasteiger partial charge in [-0.2, -0.15) is 8.78 Å². The molecule has 1 heterocycles. The fraction of sp³-hybridized carbons (Fsp3) is 0.179. The van der Waals surface area contributed by atoms with Gasteiger partial charge in [0.2, 0.25) is 0 Å². The first-order valence-electron chi connectivity index (χ1n) is 11.7. The lowest BCUT2D eigenvalue weighted by Crippen LogP contribution is -2.30. The first-order chi connectivity index (χ1) is 18.1. The number of amides is 1. The molecule has 0 aliphatic rings. The number of furan rings is 1. The minimum absolute atomic E-state index is 0.0299. The van der Waals surface area contributed by atoms with Crippen LogP contribution in [0.3, 0.4) is 0 Å². The van der Waals surface area contributed by atoms with Crippen LogP contribution in [-0.2, 0) is 23.1 Å². The summed E-state index contributed by atoms with van der Waals surface area (Å²) in [4.78, 5) is 12.6. The van der Waals surface area contributed by atoms with Gasteiger partial charge in [0.25, 0.3) is 10.0 Å². The fourth-order valence-electron chi connectivity index (χ4n) is 3.88. The average Bonchev–Trinajstić information content (AvgIpc) is 3.25. The van der Waals surface area contributed by atoms with Crippen molar-refractivity contribution < 1.29 is 31.1 Å². The number of alkyl halides is 2. The van der Waals surface area contributed by atoms with E-state index in [9.17, 15) is 22.0 Å². The SMILES string of the molecule is Cc1ccccc1S(=O)(=O)NC(=O)c1cc(CNCc2ccc(-c3ccc(OC(F)F)cc3)cc2)c(C)o1. The molecule has 7 nitrogen and oxygen atoms in total. The average molecular weight is 541 g/mol. The number of benzene rings is 3. The Labute approximate surface area is 219 Å². The summed E-state index contributed by atoms with van der Waals surface area (Å²) in [6, 6.07) is 22.1. The molecule has 3 aromatic carbocycles. The first kappa shape index (κ1) is 27.0. The normalized spacial score (nSPS) is 11.5. The van der Waals surface area contributed by atoms with Crippen LogP contribution in [0.5, 0.6) is 5.75 Å². The van der Waals surface area contributed by atoms with Gasteiger partial charge in [-0.05, 0) is 60.4 Å². The Kier molecular flexibility index (Phi) is 8.23. The third kappa shape index (κ3) is 6.64. The van der Waals surface area contributed by atoms with E-state index in [-0.39, 0.29) is 16.4 Å². The third-order valence-corrected chi connectivity index (χ3v) is 7.36. The monoisotopic (exact) mass is 540 g/mol. The van der Waals surface area contributed by atoms with E-state index in [1.165, 1.54) is 24.3 Å². The van der Waals surface area contributed by atoms with Crippen LogP contribution in [0.25, 0.3) is 11.1 Å². The van der Waals surface area contributed by atoms with Crippen molar-refractivity contribution in [3.05, 3.63) is 107 Å². The van der Waals surface area contributed by atoms with Gasteiger partial charge in [0.15, 0.2) is 5.76 Å². The molecule has 0 bridgehead atoms. The topological polar surface area (TPSA) is 97.6 Å². The maximum absolute atomic E-state index is 12.6. The molecular weight excluding hydrogens is 514 g/mol. The molecule has 4 rings (SSSR count). The predicted octanol–water partition coefficient (Wildman–Crippen LogP) is 5.57. The quantitative estimate of drug-likeness (QED) is 0.273. The standard InChI is InChI=1S/C28H26F2N2O5S/c1-18-5-3-4-6-26(18)38(34,35)32-27(33)25-15-23(19(2)36-25)17-31-16-20-7-9-21(10-8-20)22-11-13-24(14-12-22)37-28(29)30/h3-15,28,31H,16-17H2,1-2H3,(H,32,33). The third-order valence-electron chi connectivity index (χ3n) is 5.87. The van der Waals surface area contributed by atoms with Crippen LogP contribution in [-0.4, -0.2) is 20.9 Å². The molecule has 4 aromatic rings. The molecule has 1 amide bonds. The Morgan fingerprint density at radius 3 is 2.18 bits per heavy atom. The summed E-state index contributed by atoms with van der Waals surface area (Å²) in [5.74, 6) is -0.323. The van der Waals surface area contributed by atoms with Crippen molar-refractivity contribution in [2.45, 2.75) is 38.4 Å². The van der Waals surface area contributed by atoms with Crippen molar-refractivity contribution in [3.63, 3.8) is 0 Å². The highest BCUT2D eigenvalue weighted by molar-refractivity contribution is 7.90. The van der Waals surface area contributed by atoms with Crippen molar-refractivity contribution in [2.24, 2.45) is 0 Å². The molecule has 0 aliphatic carbocycles. The Morgan fingerprint density at radius 1 is 0.921 bits per heavy atom. The number of halogens is 2. The fourth-order valence-corrected chi connectivity index (χ4v) is 5.08. The molecule has 0 saturated carbocycles. The van der Waals surface area contributed by atoms with Gasteiger partial charge in [-0.3, -0.25) is 4.79 Å². The number of carbonyl (C=O) groups excluding carboxylic acids is 1. The van der Waals surface area contributed by atoms with E-state index in [2.05, 4.69) is 14.8 Å². The van der Waals surface area contributed by atoms with Gasteiger partial charge in [-0.15, -0.1) is 0 Å². The second kappa shape index (κ2) is 11.6. The molecule has 198 valence electrons. The Balaban J connectivity index is 1.33. The maximum Gasteiger partial charge on any atom is 0.387 e. The molecular formula is C28H26F2N2O5S. The first-order valence-corrected chi connectivity index (χ1v) is 13.2. The van der Waals surface area contributed by atoms with E-state index in [1.807, 2.05) is 24.3 Å². The van der Waals surface area contributed by atoms with E-state index >= 15 is 0 Å². The van der Waals surface area contributed by atoms with Gasteiger partial charge in [-0.25, -0.2) is 13.1 Å². The van der Waals surface area contributed by atoms with Crippen LogP contribution in [0.1, 0.15) is 33.0 Å². The van der Waals surface area contributed by atoms with E-state index in [0.717, 1.165) is 22.3 Å². The minimum atomic E-state index is -4.04. The summed E-state index contributed by atoms with van der Waals surface area (Å²) < 4.78 is 61.8. The van der Waals surface area contributed by atoms with Gasteiger partial charge < -0.3 is 14.5 Å². The van der Waals surface area contributed by atoms with Crippen LogP contribution in [0.15, 0.2) is 88.2 Å². The minimum Gasteiger partial charge on any atom is -0.456 e. The summed E-state index contributed by atoms with van der Waals surface area (Å²) >= 11 is 0. The zero-order chi connectivity index (χ0) is 27.3. The molecule has 0 saturated heterocycles. The second-order valence-corrected chi connectivity index (χ2v) is 10.2. The van der Waals surface area contributed by atoms with E-state index in [4.69, 9.17) is 4.42 Å². The van der Waals surface area contributed by atoms with Crippen LogP contribution >= 0.6 is 0 Å². The number of sulfonamides is 1. The zero-order valence-electron chi connectivity index (χ0n) is 20.7. The molecule has 0 spiro atoms. The smallest absolute Gasteiger partial charge is 0.387 e. The number of hydrogen-bond acceptors (Lipinski definition) is 6. The van der Waals surface area contributed by atoms with E-state index in [0.29, 0.717) is 24.4 Å². The number of ether oxygens (including phenoxy) is 1. The molecule has 0 aliphatic heterocycles. The van der Waals surface area contributed by atoms with Crippen LogP contribution in [0, 0.1) is 13.8 Å². The maximum atomic E-state index is 12.6. The molecule has 0 fully saturated rings. The number of hydrogen-bond donors (Lipinski definition) is 2. The Morgan fingerprint density at radius 2 is 1.55 bits per heavy atom. The lowest BCUT2D eigenvalue weighted by Gasteiger charge is -2.08. The highest BCUT2D eigenvalue weighted by atomic mass is 32.2. The molecule has 2 N–H and O–H groups in total. The highest BCUT2D eigenvalue weighted by Crippen LogP contribution is 2.24. The van der Waals surface area contributed by atoms with Crippen molar-refractivity contribution in [2.75, 3.05) is 0 Å². The zero-order valence-corrected chi connectivity index (χ0v) is 21.5. The largest absolute Gasteiger partial charge is 0.456 e. The van der Waals surface area contributed by atoms with Crippen LogP contribution < -0.4 is 14.8 Å². The highest BCUT2D eigenvalue weighted by Gasteiger charge is 2.23. The molecule has 0 unspecified atom stereocenters. The predicted molar refractivity (Wildman–Crippen MR) is 138 cm³/mol. The number of nitrogens with one attached hydrogen (secondary N) is 2. The van der Waals surface area contributed by atoms with Crippen LogP contribution in [0.2, 0.25) is 0 Å². The number of rotatable bonds is 10. The Bertz CT molecular complexity index is 1520. The number of carbonyl (C=O) groups is 1. The van der Waals surface area contributed by atoms with Gasteiger partial charge in [-0.1, -0.05) is 54.6 Å². The van der Waals surface area contributed by atoms with E-state index < -0.39 is 22.5 Å². The van der Waals surface area contributed by atoms with Gasteiger partial charge in [0.05, 0.1) is 4.90 Å². The Hall–Kier alpha value is -4.02. The van der Waals surface area contributed by atoms with Gasteiger partial charge >= 0.3 is 12.5 Å². The lowest BCUT2D eigenvalue weighted by atomic mass is 10.0. The van der Waals surface area contributed by atoms with Crippen molar-refractivity contribution in [1.29, 1.82) is 0 Å². The van der Waals surface area contributed by atoms with Gasteiger partial charge in [0.1, 0.15) is 11.5 Å². The molecule has 0 atom stereocenters. The van der Waals surface area contributed by atoms with Crippen LogP contribution in [0.4, 0.5) is 8.78 Å². The number of aryl methyl sites for hydroxylation is 2. The summed E-state index contributed by atoms with van der Waals surface area (Å²) in [6.07, 6.45) is 0. The van der Waals surface area contributed by atoms with Crippen molar-refractivity contribution in [3.8, 4) is 16.9 Å². The summed E-state index contributed by atoms with van der Waals surface area (Å²) in [7, 11) is -4.04. The molecule has 10 heteroatoms. The van der Waals surface area contributed by atoms with Crippen molar-refractivity contribution >= 4 is 15.9 Å². The molecule has 38 heavy (non-hydrogen) atoms. The summed E-state index contributed by atoms with van der Waals surface area (Å²) in [5.41, 5.74) is 4.06. The second-order valence-electron chi connectivity index (χ2n) is 8.60. The van der Waals surface area contributed by atoms with Crippen molar-refractivity contribution in [1.82, 2.24) is 10.0 Å².